The average Bonchev–Trinajstić information content (AvgIpc) is 3.18. The van der Waals surface area contributed by atoms with Crippen LogP contribution in [0.5, 0.6) is 17.2 Å². The lowest BCUT2D eigenvalue weighted by molar-refractivity contribution is 0.0992. The van der Waals surface area contributed by atoms with Gasteiger partial charge < -0.3 is 23.9 Å². The molecule has 3 aromatic rings. The summed E-state index contributed by atoms with van der Waals surface area (Å²) in [4.78, 5) is 12.5. The quantitative estimate of drug-likeness (QED) is 0.604. The van der Waals surface area contributed by atoms with E-state index in [9.17, 15) is 9.18 Å². The van der Waals surface area contributed by atoms with E-state index in [0.717, 1.165) is 0 Å². The van der Waals surface area contributed by atoms with Gasteiger partial charge in [-0.1, -0.05) is 11.6 Å². The fourth-order valence-electron chi connectivity index (χ4n) is 2.40. The lowest BCUT2D eigenvalue weighted by Crippen LogP contribution is -2.12. The Bertz CT molecular complexity index is 971. The van der Waals surface area contributed by atoms with Crippen molar-refractivity contribution in [3.8, 4) is 17.2 Å². The number of methoxy groups -OCH3 is 2. The third-order valence-corrected chi connectivity index (χ3v) is 4.10. The molecule has 1 heterocycles. The molecule has 0 saturated carbocycles. The molecule has 0 fully saturated rings. The smallest absolute Gasteiger partial charge is 0.291 e. The van der Waals surface area contributed by atoms with Gasteiger partial charge in [-0.2, -0.15) is 0 Å². The van der Waals surface area contributed by atoms with Crippen LogP contribution in [-0.2, 0) is 6.61 Å². The fourth-order valence-corrected chi connectivity index (χ4v) is 2.64. The van der Waals surface area contributed by atoms with Crippen LogP contribution in [0.2, 0.25) is 5.02 Å². The summed E-state index contributed by atoms with van der Waals surface area (Å²) in [7, 11) is 2.96. The Morgan fingerprint density at radius 2 is 1.82 bits per heavy atom. The summed E-state index contributed by atoms with van der Waals surface area (Å²) in [5.41, 5.74) is 0.301. The van der Waals surface area contributed by atoms with Crippen LogP contribution in [0.25, 0.3) is 0 Å². The molecule has 0 aliphatic rings. The summed E-state index contributed by atoms with van der Waals surface area (Å²) in [6.07, 6.45) is 0. The average molecular weight is 406 g/mol. The van der Waals surface area contributed by atoms with Gasteiger partial charge >= 0.3 is 0 Å². The molecule has 8 heteroatoms. The Kier molecular flexibility index (Phi) is 6.06. The molecule has 2 aromatic carbocycles. The minimum atomic E-state index is -0.501. The molecule has 28 heavy (non-hydrogen) atoms. The highest BCUT2D eigenvalue weighted by Crippen LogP contribution is 2.37. The fraction of sp³-hybridized carbons (Fsp3) is 0.150. The maximum atomic E-state index is 12.9. The molecule has 0 atom stereocenters. The molecular formula is C20H17ClFNO5. The van der Waals surface area contributed by atoms with Crippen molar-refractivity contribution in [2.75, 3.05) is 19.5 Å². The van der Waals surface area contributed by atoms with Gasteiger partial charge in [-0.3, -0.25) is 4.79 Å². The number of halogens is 2. The van der Waals surface area contributed by atoms with Crippen molar-refractivity contribution in [2.24, 2.45) is 0 Å². The van der Waals surface area contributed by atoms with E-state index < -0.39 is 5.91 Å². The van der Waals surface area contributed by atoms with Gasteiger partial charge in [0.2, 0.25) is 0 Å². The number of rotatable bonds is 7. The molecule has 0 aliphatic carbocycles. The third-order valence-electron chi connectivity index (χ3n) is 3.80. The molecule has 1 amide bonds. The first-order valence-corrected chi connectivity index (χ1v) is 8.58. The zero-order valence-corrected chi connectivity index (χ0v) is 15.9. The first-order valence-electron chi connectivity index (χ1n) is 8.20. The summed E-state index contributed by atoms with van der Waals surface area (Å²) in [6, 6.07) is 11.9. The maximum Gasteiger partial charge on any atom is 0.291 e. The normalized spacial score (nSPS) is 10.4. The topological polar surface area (TPSA) is 69.9 Å². The summed E-state index contributed by atoms with van der Waals surface area (Å²) in [5, 5.41) is 2.92. The summed E-state index contributed by atoms with van der Waals surface area (Å²) in [6.45, 7) is 0.0888. The number of carbonyl (C=O) groups is 1. The second kappa shape index (κ2) is 8.67. The second-order valence-electron chi connectivity index (χ2n) is 5.65. The van der Waals surface area contributed by atoms with Crippen molar-refractivity contribution in [3.05, 3.63) is 70.9 Å². The molecular weight excluding hydrogens is 389 g/mol. The Balaban J connectivity index is 1.68. The number of hydrogen-bond acceptors (Lipinski definition) is 5. The molecule has 0 saturated heterocycles. The number of hydrogen-bond donors (Lipinski definition) is 1. The van der Waals surface area contributed by atoms with E-state index in [1.807, 2.05) is 0 Å². The lowest BCUT2D eigenvalue weighted by Gasteiger charge is -2.13. The van der Waals surface area contributed by atoms with Gasteiger partial charge in [0.05, 0.1) is 19.2 Å². The molecule has 0 radical (unpaired) electrons. The van der Waals surface area contributed by atoms with Gasteiger partial charge in [-0.05, 0) is 36.4 Å². The van der Waals surface area contributed by atoms with Crippen LogP contribution < -0.4 is 19.5 Å². The van der Waals surface area contributed by atoms with Crippen LogP contribution in [0, 0.1) is 5.82 Å². The summed E-state index contributed by atoms with van der Waals surface area (Å²) < 4.78 is 34.3. The standard InChI is InChI=1S/C20H17ClFNO5/c1-25-15-9-16(21)19(18(10-15)26-2)23-20(24)17-8-7-14(28-17)11-27-13-5-3-12(22)4-6-13/h3-10H,11H2,1-2H3,(H,23,24). The number of furan rings is 1. The first kappa shape index (κ1) is 19.6. The lowest BCUT2D eigenvalue weighted by atomic mass is 10.2. The van der Waals surface area contributed by atoms with E-state index in [0.29, 0.717) is 28.7 Å². The van der Waals surface area contributed by atoms with E-state index in [4.69, 9.17) is 30.2 Å². The molecule has 6 nitrogen and oxygen atoms in total. The van der Waals surface area contributed by atoms with Gasteiger partial charge in [0, 0.05) is 12.1 Å². The number of amides is 1. The van der Waals surface area contributed by atoms with Crippen molar-refractivity contribution < 1.29 is 27.8 Å². The molecule has 146 valence electrons. The summed E-state index contributed by atoms with van der Waals surface area (Å²) >= 11 is 6.21. The van der Waals surface area contributed by atoms with Crippen molar-refractivity contribution in [2.45, 2.75) is 6.61 Å². The first-order chi connectivity index (χ1) is 13.5. The Hall–Kier alpha value is -3.19. The number of anilines is 1. The van der Waals surface area contributed by atoms with Crippen molar-refractivity contribution in [1.82, 2.24) is 0 Å². The Labute approximate surface area is 165 Å². The van der Waals surface area contributed by atoms with Crippen LogP contribution in [0.15, 0.2) is 52.9 Å². The Morgan fingerprint density at radius 3 is 2.50 bits per heavy atom. The van der Waals surface area contributed by atoms with Gasteiger partial charge in [-0.25, -0.2) is 4.39 Å². The van der Waals surface area contributed by atoms with Crippen LogP contribution >= 0.6 is 11.6 Å². The van der Waals surface area contributed by atoms with Crippen molar-refractivity contribution >= 4 is 23.2 Å². The van der Waals surface area contributed by atoms with Crippen molar-refractivity contribution in [1.29, 1.82) is 0 Å². The van der Waals surface area contributed by atoms with E-state index in [-0.39, 0.29) is 23.2 Å². The van der Waals surface area contributed by atoms with Crippen LogP contribution in [0.4, 0.5) is 10.1 Å². The monoisotopic (exact) mass is 405 g/mol. The van der Waals surface area contributed by atoms with Crippen LogP contribution in [0.1, 0.15) is 16.3 Å². The Morgan fingerprint density at radius 1 is 1.07 bits per heavy atom. The molecule has 1 aromatic heterocycles. The molecule has 3 rings (SSSR count). The molecule has 0 unspecified atom stereocenters. The van der Waals surface area contributed by atoms with Gasteiger partial charge in [-0.15, -0.1) is 0 Å². The molecule has 1 N–H and O–H groups in total. The highest BCUT2D eigenvalue weighted by Gasteiger charge is 2.17. The molecule has 0 spiro atoms. The van der Waals surface area contributed by atoms with Crippen LogP contribution in [0.3, 0.4) is 0 Å². The number of benzene rings is 2. The molecule has 0 bridgehead atoms. The zero-order valence-electron chi connectivity index (χ0n) is 15.1. The minimum absolute atomic E-state index is 0.0756. The van der Waals surface area contributed by atoms with E-state index in [1.54, 1.807) is 18.2 Å². The van der Waals surface area contributed by atoms with E-state index in [1.165, 1.54) is 44.6 Å². The number of nitrogens with one attached hydrogen (secondary N) is 1. The van der Waals surface area contributed by atoms with E-state index in [2.05, 4.69) is 5.32 Å². The van der Waals surface area contributed by atoms with Gasteiger partial charge in [0.1, 0.15) is 41.1 Å². The largest absolute Gasteiger partial charge is 0.497 e. The van der Waals surface area contributed by atoms with E-state index >= 15 is 0 Å². The predicted molar refractivity (Wildman–Crippen MR) is 102 cm³/mol. The zero-order chi connectivity index (χ0) is 20.1. The second-order valence-corrected chi connectivity index (χ2v) is 6.06. The summed E-state index contributed by atoms with van der Waals surface area (Å²) in [5.74, 6) is 0.991. The predicted octanol–water partition coefficient (Wildman–Crippen LogP) is 4.92. The van der Waals surface area contributed by atoms with Crippen LogP contribution in [-0.4, -0.2) is 20.1 Å². The maximum absolute atomic E-state index is 12.9. The third kappa shape index (κ3) is 4.55. The number of ether oxygens (including phenoxy) is 3. The highest BCUT2D eigenvalue weighted by molar-refractivity contribution is 6.34. The minimum Gasteiger partial charge on any atom is -0.497 e. The SMILES string of the molecule is COc1cc(Cl)c(NC(=O)c2ccc(COc3ccc(F)cc3)o2)c(OC)c1. The highest BCUT2D eigenvalue weighted by atomic mass is 35.5. The van der Waals surface area contributed by atoms with Gasteiger partial charge in [0.15, 0.2) is 5.76 Å². The van der Waals surface area contributed by atoms with Gasteiger partial charge in [0.25, 0.3) is 5.91 Å². The number of carbonyl (C=O) groups excluding carboxylic acids is 1. The van der Waals surface area contributed by atoms with Crippen molar-refractivity contribution in [3.63, 3.8) is 0 Å². The molecule has 0 aliphatic heterocycles.